The lowest BCUT2D eigenvalue weighted by molar-refractivity contribution is 0.117. The third-order valence-corrected chi connectivity index (χ3v) is 9.60. The van der Waals surface area contributed by atoms with Crippen LogP contribution in [0.2, 0.25) is 0 Å². The van der Waals surface area contributed by atoms with Crippen molar-refractivity contribution in [2.24, 2.45) is 21.8 Å². The van der Waals surface area contributed by atoms with E-state index < -0.39 is 22.7 Å². The fourth-order valence-electron chi connectivity index (χ4n) is 7.94. The lowest BCUT2D eigenvalue weighted by atomic mass is 9.62. The molecule has 0 spiro atoms. The SMILES string of the molecule is CC.CC.O=C1NC23CCCCCCCCC2(N1)NC(=O)N3.O=C1NC23NC(=O)NC2(N1)[C@H]1CC=CN=C1C1=NC=CCC13. The van der Waals surface area contributed by atoms with Gasteiger partial charge in [0.25, 0.3) is 0 Å². The molecule has 240 valence electrons. The van der Waals surface area contributed by atoms with Gasteiger partial charge in [-0.1, -0.05) is 65.5 Å². The van der Waals surface area contributed by atoms with Gasteiger partial charge in [-0.05, 0) is 38.5 Å². The monoisotopic (exact) mass is 610 g/mol. The number of amides is 8. The lowest BCUT2D eigenvalue weighted by Gasteiger charge is -2.52. The van der Waals surface area contributed by atoms with Crippen molar-refractivity contribution in [1.29, 1.82) is 0 Å². The minimum absolute atomic E-state index is 0.156. The smallest absolute Gasteiger partial charge is 0.311 e. The Hall–Kier alpha value is -4.10. The summed E-state index contributed by atoms with van der Waals surface area (Å²) in [7, 11) is 0. The van der Waals surface area contributed by atoms with Gasteiger partial charge < -0.3 is 42.5 Å². The molecule has 1 unspecified atom stereocenters. The van der Waals surface area contributed by atoms with Crippen molar-refractivity contribution in [3.8, 4) is 0 Å². The number of allylic oxidation sites excluding steroid dienone is 2. The van der Waals surface area contributed by atoms with Crippen molar-refractivity contribution in [3.63, 3.8) is 0 Å². The van der Waals surface area contributed by atoms with Gasteiger partial charge in [0.2, 0.25) is 0 Å². The average molecular weight is 611 g/mol. The number of nitrogens with one attached hydrogen (secondary N) is 8. The topological polar surface area (TPSA) is 189 Å². The number of nitrogens with zero attached hydrogens (tertiary/aromatic N) is 2. The number of urea groups is 4. The average Bonchev–Trinajstić information content (AvgIpc) is 3.66. The van der Waals surface area contributed by atoms with Gasteiger partial charge in [-0.3, -0.25) is 9.98 Å². The van der Waals surface area contributed by atoms with Gasteiger partial charge in [0.15, 0.2) is 22.7 Å². The Morgan fingerprint density at radius 2 is 0.841 bits per heavy atom. The summed E-state index contributed by atoms with van der Waals surface area (Å²) in [5.41, 5.74) is -1.42. The molecule has 6 heterocycles. The molecule has 8 aliphatic rings. The minimum atomic E-state index is -0.917. The van der Waals surface area contributed by atoms with E-state index in [4.69, 9.17) is 0 Å². The molecule has 0 aromatic heterocycles. The number of carbonyl (C=O) groups excluding carboxylic acids is 4. The normalized spacial score (nSPS) is 38.3. The Labute approximate surface area is 258 Å². The first-order valence-corrected chi connectivity index (χ1v) is 16.2. The molecule has 2 aliphatic carbocycles. The Morgan fingerprint density at radius 1 is 0.523 bits per heavy atom. The summed E-state index contributed by atoms with van der Waals surface area (Å²) in [5.74, 6) is -0.311. The van der Waals surface area contributed by atoms with E-state index in [1.165, 1.54) is 12.8 Å². The summed E-state index contributed by atoms with van der Waals surface area (Å²) in [6.45, 7) is 8.00. The standard InChI is InChI=1S/C14H14N6O2.C12H20N4O2.2C2H6/c21-11-17-13-7-3-1-5-15-9(7)10-8(4-2-6-16-10)14(13,19-11)20-12(22)18-13;17-9-13-11-7-5-3-1-2-4-6-8-12(11,15-9)16-10(18)14-11;2*1-2/h1-2,5-8H,3-4H2,(H2,17,19,21)(H2,18,20,22);1-8H2,(H2,13,15,17)(H2,14,16,18);2*1-2H3/t7-,8?,13?,14?;;;/m0.../s1. The largest absolute Gasteiger partial charge is 0.318 e. The van der Waals surface area contributed by atoms with E-state index in [9.17, 15) is 19.2 Å². The molecule has 0 radical (unpaired) electrons. The van der Waals surface area contributed by atoms with Gasteiger partial charge in [0, 0.05) is 12.4 Å². The first-order valence-electron chi connectivity index (χ1n) is 16.2. The van der Waals surface area contributed by atoms with Gasteiger partial charge in [-0.15, -0.1) is 0 Å². The zero-order chi connectivity index (χ0) is 31.6. The zero-order valence-corrected chi connectivity index (χ0v) is 26.1. The third-order valence-electron chi connectivity index (χ3n) is 9.60. The van der Waals surface area contributed by atoms with E-state index in [-0.39, 0.29) is 36.0 Å². The molecule has 14 nitrogen and oxygen atoms in total. The van der Waals surface area contributed by atoms with Crippen LogP contribution >= 0.6 is 0 Å². The minimum Gasteiger partial charge on any atom is -0.311 e. The van der Waals surface area contributed by atoms with Crippen LogP contribution < -0.4 is 42.5 Å². The summed E-state index contributed by atoms with van der Waals surface area (Å²) in [4.78, 5) is 56.7. The van der Waals surface area contributed by atoms with Crippen LogP contribution in [0, 0.1) is 11.8 Å². The van der Waals surface area contributed by atoms with Gasteiger partial charge in [-0.2, -0.15) is 0 Å². The highest BCUT2D eigenvalue weighted by atomic mass is 16.2. The number of hydrogen-bond acceptors (Lipinski definition) is 6. The third kappa shape index (κ3) is 4.69. The maximum Gasteiger partial charge on any atom is 0.318 e. The first kappa shape index (κ1) is 31.3. The number of rotatable bonds is 0. The van der Waals surface area contributed by atoms with E-state index in [0.29, 0.717) is 12.8 Å². The number of fused-ring (bicyclic) bond motifs is 3. The molecule has 6 aliphatic heterocycles. The van der Waals surface area contributed by atoms with Gasteiger partial charge in [-0.25, -0.2) is 19.2 Å². The van der Waals surface area contributed by atoms with Crippen LogP contribution in [0.5, 0.6) is 0 Å². The summed E-state index contributed by atoms with van der Waals surface area (Å²) >= 11 is 0. The molecule has 8 N–H and O–H groups in total. The molecule has 44 heavy (non-hydrogen) atoms. The predicted molar refractivity (Wildman–Crippen MR) is 167 cm³/mol. The van der Waals surface area contributed by atoms with E-state index in [0.717, 1.165) is 49.9 Å². The molecule has 0 aromatic rings. The van der Waals surface area contributed by atoms with E-state index in [1.54, 1.807) is 12.4 Å². The van der Waals surface area contributed by atoms with Gasteiger partial charge in [0.05, 0.1) is 23.3 Å². The van der Waals surface area contributed by atoms with Crippen LogP contribution in [0.25, 0.3) is 0 Å². The predicted octanol–water partition coefficient (Wildman–Crippen LogP) is 3.16. The van der Waals surface area contributed by atoms with Crippen molar-refractivity contribution in [1.82, 2.24) is 42.5 Å². The van der Waals surface area contributed by atoms with Crippen molar-refractivity contribution in [2.45, 2.75) is 115 Å². The Balaban J connectivity index is 0.000000160. The summed E-state index contributed by atoms with van der Waals surface area (Å²) in [6.07, 6.45) is 17.2. The molecule has 2 saturated carbocycles. The van der Waals surface area contributed by atoms with Crippen molar-refractivity contribution < 1.29 is 19.2 Å². The summed E-state index contributed by atoms with van der Waals surface area (Å²) < 4.78 is 0. The van der Waals surface area contributed by atoms with Crippen LogP contribution in [0.4, 0.5) is 19.2 Å². The van der Waals surface area contributed by atoms with E-state index in [1.807, 2.05) is 39.8 Å². The highest BCUT2D eigenvalue weighted by molar-refractivity contribution is 6.46. The van der Waals surface area contributed by atoms with Crippen molar-refractivity contribution >= 4 is 35.5 Å². The highest BCUT2D eigenvalue weighted by Gasteiger charge is 2.75. The van der Waals surface area contributed by atoms with Crippen LogP contribution in [0.15, 0.2) is 34.5 Å². The second-order valence-corrected chi connectivity index (χ2v) is 11.7. The molecule has 8 amide bonds. The van der Waals surface area contributed by atoms with Crippen molar-refractivity contribution in [3.05, 3.63) is 24.6 Å². The first-order chi connectivity index (χ1) is 21.3. The fraction of sp³-hybridized carbons (Fsp3) is 0.667. The second kappa shape index (κ2) is 12.1. The van der Waals surface area contributed by atoms with Crippen LogP contribution in [-0.2, 0) is 0 Å². The maximum absolute atomic E-state index is 12.1. The summed E-state index contributed by atoms with van der Waals surface area (Å²) in [5, 5.41) is 23.5. The fourth-order valence-corrected chi connectivity index (χ4v) is 7.94. The highest BCUT2D eigenvalue weighted by Crippen LogP contribution is 2.48. The molecule has 0 aromatic carbocycles. The van der Waals surface area contributed by atoms with Crippen molar-refractivity contribution in [2.75, 3.05) is 0 Å². The van der Waals surface area contributed by atoms with Crippen LogP contribution in [0.3, 0.4) is 0 Å². The molecule has 8 rings (SSSR count). The lowest BCUT2D eigenvalue weighted by Crippen LogP contribution is -2.78. The maximum atomic E-state index is 12.1. The number of hydrogen-bond donors (Lipinski definition) is 8. The second-order valence-electron chi connectivity index (χ2n) is 11.7. The van der Waals surface area contributed by atoms with Crippen LogP contribution in [-0.4, -0.2) is 58.2 Å². The van der Waals surface area contributed by atoms with E-state index >= 15 is 0 Å². The van der Waals surface area contributed by atoms with Crippen LogP contribution in [0.1, 0.15) is 91.9 Å². The molecule has 6 fully saturated rings. The number of carbonyl (C=O) groups is 4. The Kier molecular flexibility index (Phi) is 8.63. The molecule has 2 atom stereocenters. The Morgan fingerprint density at radius 3 is 1.20 bits per heavy atom. The molecule has 4 saturated heterocycles. The summed E-state index contributed by atoms with van der Waals surface area (Å²) in [6, 6.07) is -0.974. The quantitative estimate of drug-likeness (QED) is 0.209. The molecular weight excluding hydrogens is 564 g/mol. The molecule has 0 bridgehead atoms. The Bertz CT molecular complexity index is 1170. The molecular formula is C30H46N10O4. The molecule has 14 heteroatoms. The van der Waals surface area contributed by atoms with E-state index in [2.05, 4.69) is 52.5 Å². The zero-order valence-electron chi connectivity index (χ0n) is 26.1. The van der Waals surface area contributed by atoms with Gasteiger partial charge in [0.1, 0.15) is 0 Å². The number of aliphatic imine (C=N–C) groups is 2. The van der Waals surface area contributed by atoms with Gasteiger partial charge >= 0.3 is 24.1 Å².